The molecule has 1 aromatic heterocycles. The third-order valence-corrected chi connectivity index (χ3v) is 3.10. The molecule has 15 heavy (non-hydrogen) atoms. The Morgan fingerprint density at radius 1 is 1.40 bits per heavy atom. The molecule has 0 aliphatic carbocycles. The molecule has 1 saturated heterocycles. The number of aromatic nitrogens is 2. The summed E-state index contributed by atoms with van der Waals surface area (Å²) in [5.74, 6) is 0.553. The van der Waals surface area contributed by atoms with E-state index < -0.39 is 0 Å². The lowest BCUT2D eigenvalue weighted by Crippen LogP contribution is -2.38. The van der Waals surface area contributed by atoms with Gasteiger partial charge in [0, 0.05) is 25.8 Å². The zero-order valence-electron chi connectivity index (χ0n) is 8.53. The third kappa shape index (κ3) is 2.93. The smallest absolute Gasteiger partial charge is 0.159 e. The highest BCUT2D eigenvalue weighted by atomic mass is 79.9. The van der Waals surface area contributed by atoms with Crippen molar-refractivity contribution in [2.45, 2.75) is 6.54 Å². The van der Waals surface area contributed by atoms with Gasteiger partial charge in [-0.05, 0) is 15.9 Å². The van der Waals surface area contributed by atoms with E-state index in [4.69, 9.17) is 10.5 Å². The highest BCUT2D eigenvalue weighted by Crippen LogP contribution is 2.16. The summed E-state index contributed by atoms with van der Waals surface area (Å²) < 4.78 is 8.02. The Bertz CT molecular complexity index is 302. The van der Waals surface area contributed by atoms with Crippen LogP contribution in [0, 0.1) is 0 Å². The molecule has 2 N–H and O–H groups in total. The number of nitrogens with zero attached hydrogens (tertiary/aromatic N) is 3. The quantitative estimate of drug-likeness (QED) is 0.875. The average molecular weight is 275 g/mol. The molecular formula is C9H15BrN4O. The standard InChI is InChI=1S/C9H15BrN4O/c10-8-7-14(12-9(8)11)2-1-13-3-5-15-6-4-13/h7H,1-6H2,(H2,11,12). The number of halogens is 1. The topological polar surface area (TPSA) is 56.3 Å². The first kappa shape index (κ1) is 10.9. The largest absolute Gasteiger partial charge is 0.381 e. The third-order valence-electron chi connectivity index (χ3n) is 2.49. The van der Waals surface area contributed by atoms with Crippen LogP contribution in [-0.2, 0) is 11.3 Å². The van der Waals surface area contributed by atoms with E-state index in [9.17, 15) is 0 Å². The molecule has 0 amide bonds. The summed E-state index contributed by atoms with van der Waals surface area (Å²) in [6.07, 6.45) is 1.91. The van der Waals surface area contributed by atoms with Crippen molar-refractivity contribution in [3.8, 4) is 0 Å². The minimum absolute atomic E-state index is 0.553. The lowest BCUT2D eigenvalue weighted by atomic mass is 10.4. The van der Waals surface area contributed by atoms with Gasteiger partial charge in [0.2, 0.25) is 0 Å². The molecule has 6 heteroatoms. The van der Waals surface area contributed by atoms with Gasteiger partial charge in [-0.3, -0.25) is 9.58 Å². The molecule has 2 heterocycles. The van der Waals surface area contributed by atoms with E-state index in [0.29, 0.717) is 5.82 Å². The number of hydrogen-bond acceptors (Lipinski definition) is 4. The van der Waals surface area contributed by atoms with Crippen LogP contribution in [0.25, 0.3) is 0 Å². The van der Waals surface area contributed by atoms with Crippen molar-refractivity contribution in [1.82, 2.24) is 14.7 Å². The van der Waals surface area contributed by atoms with Gasteiger partial charge in [-0.1, -0.05) is 0 Å². The summed E-state index contributed by atoms with van der Waals surface area (Å²) in [6.45, 7) is 5.57. The van der Waals surface area contributed by atoms with Gasteiger partial charge in [0.25, 0.3) is 0 Å². The van der Waals surface area contributed by atoms with E-state index in [1.54, 1.807) is 0 Å². The summed E-state index contributed by atoms with van der Waals surface area (Å²) in [6, 6.07) is 0. The molecule has 0 saturated carbocycles. The Morgan fingerprint density at radius 3 is 2.73 bits per heavy atom. The molecule has 84 valence electrons. The van der Waals surface area contributed by atoms with Crippen LogP contribution < -0.4 is 5.73 Å². The van der Waals surface area contributed by atoms with Gasteiger partial charge in [0.15, 0.2) is 5.82 Å². The molecule has 1 aliphatic heterocycles. The summed E-state index contributed by atoms with van der Waals surface area (Å²) in [5, 5.41) is 4.18. The van der Waals surface area contributed by atoms with Crippen molar-refractivity contribution in [3.63, 3.8) is 0 Å². The number of nitrogen functional groups attached to an aromatic ring is 1. The molecular weight excluding hydrogens is 260 g/mol. The molecule has 2 rings (SSSR count). The van der Waals surface area contributed by atoms with Crippen molar-refractivity contribution in [1.29, 1.82) is 0 Å². The minimum Gasteiger partial charge on any atom is -0.381 e. The molecule has 0 aromatic carbocycles. The maximum atomic E-state index is 5.64. The van der Waals surface area contributed by atoms with E-state index in [-0.39, 0.29) is 0 Å². The number of ether oxygens (including phenoxy) is 1. The van der Waals surface area contributed by atoms with Crippen molar-refractivity contribution in [2.24, 2.45) is 0 Å². The van der Waals surface area contributed by atoms with E-state index in [0.717, 1.165) is 43.9 Å². The minimum atomic E-state index is 0.553. The summed E-state index contributed by atoms with van der Waals surface area (Å²) in [4.78, 5) is 2.37. The second kappa shape index (κ2) is 4.96. The predicted molar refractivity (Wildman–Crippen MR) is 61.6 cm³/mol. The molecule has 1 aliphatic rings. The molecule has 0 radical (unpaired) electrons. The highest BCUT2D eigenvalue weighted by molar-refractivity contribution is 9.10. The highest BCUT2D eigenvalue weighted by Gasteiger charge is 2.10. The lowest BCUT2D eigenvalue weighted by Gasteiger charge is -2.26. The zero-order valence-corrected chi connectivity index (χ0v) is 10.1. The van der Waals surface area contributed by atoms with Gasteiger partial charge in [-0.15, -0.1) is 0 Å². The van der Waals surface area contributed by atoms with Gasteiger partial charge >= 0.3 is 0 Å². The molecule has 1 aromatic rings. The number of morpholine rings is 1. The predicted octanol–water partition coefficient (Wildman–Crippen LogP) is 0.560. The Morgan fingerprint density at radius 2 is 2.13 bits per heavy atom. The monoisotopic (exact) mass is 274 g/mol. The van der Waals surface area contributed by atoms with Gasteiger partial charge in [0.05, 0.1) is 24.2 Å². The van der Waals surface area contributed by atoms with E-state index in [1.165, 1.54) is 0 Å². The molecule has 0 spiro atoms. The molecule has 1 fully saturated rings. The van der Waals surface area contributed by atoms with E-state index in [1.807, 2.05) is 10.9 Å². The van der Waals surface area contributed by atoms with Crippen LogP contribution in [0.2, 0.25) is 0 Å². The summed E-state index contributed by atoms with van der Waals surface area (Å²) >= 11 is 3.34. The van der Waals surface area contributed by atoms with E-state index >= 15 is 0 Å². The van der Waals surface area contributed by atoms with Crippen molar-refractivity contribution in [3.05, 3.63) is 10.7 Å². The van der Waals surface area contributed by atoms with E-state index in [2.05, 4.69) is 25.9 Å². The zero-order chi connectivity index (χ0) is 10.7. The van der Waals surface area contributed by atoms with Crippen LogP contribution in [-0.4, -0.2) is 47.5 Å². The fraction of sp³-hybridized carbons (Fsp3) is 0.667. The average Bonchev–Trinajstić information content (AvgIpc) is 2.57. The van der Waals surface area contributed by atoms with Crippen LogP contribution in [0.15, 0.2) is 10.7 Å². The number of anilines is 1. The van der Waals surface area contributed by atoms with Gasteiger partial charge in [-0.2, -0.15) is 5.10 Å². The first-order chi connectivity index (χ1) is 7.25. The fourth-order valence-corrected chi connectivity index (χ4v) is 1.91. The Balaban J connectivity index is 1.81. The van der Waals surface area contributed by atoms with Crippen molar-refractivity contribution in [2.75, 3.05) is 38.6 Å². The van der Waals surface area contributed by atoms with Crippen molar-refractivity contribution < 1.29 is 4.74 Å². The number of nitrogens with two attached hydrogens (primary N) is 1. The summed E-state index contributed by atoms with van der Waals surface area (Å²) in [7, 11) is 0. The second-order valence-corrected chi connectivity index (χ2v) is 4.43. The van der Waals surface area contributed by atoms with Gasteiger partial charge in [0.1, 0.15) is 0 Å². The molecule has 0 bridgehead atoms. The number of rotatable bonds is 3. The van der Waals surface area contributed by atoms with Crippen LogP contribution in [0.5, 0.6) is 0 Å². The maximum absolute atomic E-state index is 5.64. The van der Waals surface area contributed by atoms with Crippen LogP contribution in [0.1, 0.15) is 0 Å². The summed E-state index contributed by atoms with van der Waals surface area (Å²) in [5.41, 5.74) is 5.64. The lowest BCUT2D eigenvalue weighted by molar-refractivity contribution is 0.0360. The first-order valence-corrected chi connectivity index (χ1v) is 5.83. The molecule has 0 atom stereocenters. The fourth-order valence-electron chi connectivity index (χ4n) is 1.60. The van der Waals surface area contributed by atoms with Gasteiger partial charge in [-0.25, -0.2) is 0 Å². The molecule has 0 unspecified atom stereocenters. The Hall–Kier alpha value is -0.590. The van der Waals surface area contributed by atoms with Crippen LogP contribution >= 0.6 is 15.9 Å². The SMILES string of the molecule is Nc1nn(CCN2CCOCC2)cc1Br. The normalized spacial score (nSPS) is 18.2. The first-order valence-electron chi connectivity index (χ1n) is 5.04. The van der Waals surface area contributed by atoms with Crippen LogP contribution in [0.3, 0.4) is 0 Å². The maximum Gasteiger partial charge on any atom is 0.159 e. The molecule has 5 nitrogen and oxygen atoms in total. The second-order valence-electron chi connectivity index (χ2n) is 3.58. The van der Waals surface area contributed by atoms with Gasteiger partial charge < -0.3 is 10.5 Å². The Labute approximate surface area is 97.3 Å². The van der Waals surface area contributed by atoms with Crippen molar-refractivity contribution >= 4 is 21.7 Å². The number of hydrogen-bond donors (Lipinski definition) is 1. The Kier molecular flexibility index (Phi) is 3.61. The van der Waals surface area contributed by atoms with Crippen LogP contribution in [0.4, 0.5) is 5.82 Å².